The number of rotatable bonds is 9. The van der Waals surface area contributed by atoms with E-state index in [0.717, 1.165) is 24.0 Å². The third kappa shape index (κ3) is 5.41. The van der Waals surface area contributed by atoms with Crippen LogP contribution in [-0.2, 0) is 32.1 Å². The van der Waals surface area contributed by atoms with Crippen molar-refractivity contribution in [1.29, 1.82) is 0 Å². The zero-order valence-corrected chi connectivity index (χ0v) is 17.8. The Labute approximate surface area is 187 Å². The number of Topliss-reactive ketones (excluding diaryl/α,β-unsaturated/α-hetero) is 1. The average molecular weight is 434 g/mol. The normalized spacial score (nSPS) is 18.8. The lowest BCUT2D eigenvalue weighted by Crippen LogP contribution is -2.53. The lowest BCUT2D eigenvalue weighted by atomic mass is 10.0. The summed E-state index contributed by atoms with van der Waals surface area (Å²) in [5.74, 6) is -1.82. The lowest BCUT2D eigenvalue weighted by Gasteiger charge is -2.26. The minimum absolute atomic E-state index is 0.0494. The molecular weight excluding hydrogens is 406 g/mol. The molecule has 1 aliphatic carbocycles. The molecular formula is C25H27N3O4. The Hall–Kier alpha value is -3.48. The highest BCUT2D eigenvalue weighted by Crippen LogP contribution is 2.22. The predicted octanol–water partition coefficient (Wildman–Crippen LogP) is 1.75. The molecule has 7 heteroatoms. The zero-order valence-electron chi connectivity index (χ0n) is 17.8. The Balaban J connectivity index is 1.48. The predicted molar refractivity (Wildman–Crippen MR) is 118 cm³/mol. The summed E-state index contributed by atoms with van der Waals surface area (Å²) in [6.07, 6.45) is 2.62. The summed E-state index contributed by atoms with van der Waals surface area (Å²) in [5, 5.41) is 5.48. The van der Waals surface area contributed by atoms with Crippen LogP contribution in [0.5, 0.6) is 0 Å². The van der Waals surface area contributed by atoms with Gasteiger partial charge < -0.3 is 15.5 Å². The Morgan fingerprint density at radius 1 is 0.906 bits per heavy atom. The molecule has 1 aliphatic heterocycles. The van der Waals surface area contributed by atoms with Gasteiger partial charge in [0.05, 0.1) is 0 Å². The standard InChI is InChI=1S/C25H27N3O4/c29-22-14-13-21(28(22)16-18-9-5-2-6-10-18)24(31)27-20(15-17-7-3-1-4-8-17)23(30)25(32)26-19-11-12-19/h1-10,19-21H,11-16H2,(H,26,32)(H,27,31)/t20-,21+/m0/s1. The van der Waals surface area contributed by atoms with Crippen molar-refractivity contribution < 1.29 is 19.2 Å². The van der Waals surface area contributed by atoms with Crippen molar-refractivity contribution >= 4 is 23.5 Å². The number of likely N-dealkylation sites (tertiary alicyclic amines) is 1. The van der Waals surface area contributed by atoms with Gasteiger partial charge >= 0.3 is 0 Å². The maximum absolute atomic E-state index is 13.2. The molecule has 4 rings (SSSR count). The molecule has 2 fully saturated rings. The van der Waals surface area contributed by atoms with Gasteiger partial charge in [0.15, 0.2) is 0 Å². The van der Waals surface area contributed by atoms with E-state index in [1.54, 1.807) is 4.90 Å². The average Bonchev–Trinajstić information content (AvgIpc) is 3.55. The highest BCUT2D eigenvalue weighted by Gasteiger charge is 2.38. The quantitative estimate of drug-likeness (QED) is 0.589. The van der Waals surface area contributed by atoms with Crippen molar-refractivity contribution in [1.82, 2.24) is 15.5 Å². The third-order valence-corrected chi connectivity index (χ3v) is 5.88. The van der Waals surface area contributed by atoms with Crippen molar-refractivity contribution in [2.75, 3.05) is 0 Å². The molecule has 166 valence electrons. The SMILES string of the molecule is O=C(NC1CC1)C(=O)[C@H](Cc1ccccc1)NC(=O)[C@H]1CCC(=O)N1Cc1ccccc1. The van der Waals surface area contributed by atoms with Gasteiger partial charge in [-0.3, -0.25) is 19.2 Å². The van der Waals surface area contributed by atoms with Gasteiger partial charge in [-0.2, -0.15) is 0 Å². The van der Waals surface area contributed by atoms with E-state index in [9.17, 15) is 19.2 Å². The van der Waals surface area contributed by atoms with E-state index in [4.69, 9.17) is 0 Å². The first-order valence-electron chi connectivity index (χ1n) is 11.0. The molecule has 0 radical (unpaired) electrons. The molecule has 2 atom stereocenters. The van der Waals surface area contributed by atoms with E-state index >= 15 is 0 Å². The second kappa shape index (κ2) is 9.77. The summed E-state index contributed by atoms with van der Waals surface area (Å²) < 4.78 is 0. The molecule has 1 heterocycles. The first-order chi connectivity index (χ1) is 15.5. The van der Waals surface area contributed by atoms with E-state index in [1.807, 2.05) is 60.7 Å². The topological polar surface area (TPSA) is 95.6 Å². The van der Waals surface area contributed by atoms with Gasteiger partial charge in [-0.15, -0.1) is 0 Å². The highest BCUT2D eigenvalue weighted by atomic mass is 16.2. The lowest BCUT2D eigenvalue weighted by molar-refractivity contribution is -0.141. The van der Waals surface area contributed by atoms with Crippen LogP contribution >= 0.6 is 0 Å². The summed E-state index contributed by atoms with van der Waals surface area (Å²) in [7, 11) is 0. The van der Waals surface area contributed by atoms with Crippen molar-refractivity contribution in [2.45, 2.75) is 56.8 Å². The van der Waals surface area contributed by atoms with E-state index in [2.05, 4.69) is 10.6 Å². The minimum Gasteiger partial charge on any atom is -0.347 e. The monoisotopic (exact) mass is 433 g/mol. The Bertz CT molecular complexity index is 989. The first kappa shape index (κ1) is 21.7. The molecule has 32 heavy (non-hydrogen) atoms. The number of nitrogens with one attached hydrogen (secondary N) is 2. The van der Waals surface area contributed by atoms with Gasteiger partial charge in [-0.25, -0.2) is 0 Å². The van der Waals surface area contributed by atoms with Crippen LogP contribution in [-0.4, -0.2) is 46.5 Å². The Kier molecular flexibility index (Phi) is 6.63. The Morgan fingerprint density at radius 3 is 2.16 bits per heavy atom. The van der Waals surface area contributed by atoms with Gasteiger partial charge in [-0.05, 0) is 30.4 Å². The summed E-state index contributed by atoms with van der Waals surface area (Å²) in [4.78, 5) is 52.5. The molecule has 0 bridgehead atoms. The molecule has 2 N–H and O–H groups in total. The van der Waals surface area contributed by atoms with Gasteiger partial charge in [0.1, 0.15) is 12.1 Å². The van der Waals surface area contributed by atoms with Gasteiger partial charge in [0, 0.05) is 25.4 Å². The van der Waals surface area contributed by atoms with Gasteiger partial charge in [-0.1, -0.05) is 60.7 Å². The van der Waals surface area contributed by atoms with Crippen molar-refractivity contribution in [3.63, 3.8) is 0 Å². The fourth-order valence-corrected chi connectivity index (χ4v) is 3.95. The van der Waals surface area contributed by atoms with E-state index < -0.39 is 29.7 Å². The third-order valence-electron chi connectivity index (χ3n) is 5.88. The number of carbonyl (C=O) groups excluding carboxylic acids is 4. The number of hydrogen-bond acceptors (Lipinski definition) is 4. The van der Waals surface area contributed by atoms with Crippen LogP contribution < -0.4 is 10.6 Å². The molecule has 0 aromatic heterocycles. The van der Waals surface area contributed by atoms with Crippen molar-refractivity contribution in [3.05, 3.63) is 71.8 Å². The van der Waals surface area contributed by atoms with E-state index in [1.165, 1.54) is 0 Å². The van der Waals surface area contributed by atoms with Crippen LogP contribution in [0.1, 0.15) is 36.8 Å². The first-order valence-corrected chi connectivity index (χ1v) is 11.0. The van der Waals surface area contributed by atoms with Gasteiger partial charge in [0.2, 0.25) is 17.6 Å². The molecule has 3 amide bonds. The largest absolute Gasteiger partial charge is 0.347 e. The number of hydrogen-bond donors (Lipinski definition) is 2. The fraction of sp³-hybridized carbons (Fsp3) is 0.360. The number of carbonyl (C=O) groups is 4. The van der Waals surface area contributed by atoms with E-state index in [-0.39, 0.29) is 24.8 Å². The van der Waals surface area contributed by atoms with Crippen LogP contribution in [0, 0.1) is 0 Å². The molecule has 0 unspecified atom stereocenters. The second-order valence-electron chi connectivity index (χ2n) is 8.42. The van der Waals surface area contributed by atoms with Crippen molar-refractivity contribution in [2.24, 2.45) is 0 Å². The number of amides is 3. The van der Waals surface area contributed by atoms with Gasteiger partial charge in [0.25, 0.3) is 5.91 Å². The fourth-order valence-electron chi connectivity index (χ4n) is 3.95. The number of nitrogens with zero attached hydrogens (tertiary/aromatic N) is 1. The molecule has 0 spiro atoms. The van der Waals surface area contributed by atoms with Crippen LogP contribution in [0.15, 0.2) is 60.7 Å². The smallest absolute Gasteiger partial charge is 0.289 e. The van der Waals surface area contributed by atoms with Crippen LogP contribution in [0.4, 0.5) is 0 Å². The number of ketones is 1. The maximum Gasteiger partial charge on any atom is 0.289 e. The molecule has 7 nitrogen and oxygen atoms in total. The minimum atomic E-state index is -0.988. The zero-order chi connectivity index (χ0) is 22.5. The molecule has 1 saturated heterocycles. The van der Waals surface area contributed by atoms with Crippen LogP contribution in [0.3, 0.4) is 0 Å². The molecule has 2 aromatic rings. The van der Waals surface area contributed by atoms with Crippen molar-refractivity contribution in [3.8, 4) is 0 Å². The summed E-state index contributed by atoms with van der Waals surface area (Å²) in [5.41, 5.74) is 1.77. The van der Waals surface area contributed by atoms with Crippen LogP contribution in [0.25, 0.3) is 0 Å². The highest BCUT2D eigenvalue weighted by molar-refractivity contribution is 6.38. The molecule has 1 saturated carbocycles. The van der Waals surface area contributed by atoms with E-state index in [0.29, 0.717) is 13.0 Å². The summed E-state index contributed by atoms with van der Waals surface area (Å²) in [6.45, 7) is 0.331. The molecule has 2 aliphatic rings. The summed E-state index contributed by atoms with van der Waals surface area (Å²) >= 11 is 0. The van der Waals surface area contributed by atoms with Crippen LogP contribution in [0.2, 0.25) is 0 Å². The number of benzene rings is 2. The molecule has 2 aromatic carbocycles. The maximum atomic E-state index is 13.2. The Morgan fingerprint density at radius 2 is 1.53 bits per heavy atom. The summed E-state index contributed by atoms with van der Waals surface area (Å²) in [6, 6.07) is 17.1. The second-order valence-corrected chi connectivity index (χ2v) is 8.42.